The average molecular weight is 544 g/mol. The van der Waals surface area contributed by atoms with Crippen LogP contribution in [0.15, 0.2) is 99.4 Å². The maximum atomic E-state index is 13.8. The molecule has 0 spiro atoms. The number of benzene rings is 3. The van der Waals surface area contributed by atoms with Crippen molar-refractivity contribution in [3.63, 3.8) is 0 Å². The molecule has 0 saturated carbocycles. The van der Waals surface area contributed by atoms with Crippen molar-refractivity contribution in [1.29, 1.82) is 0 Å². The second-order valence-corrected chi connectivity index (χ2v) is 11.4. The molecule has 0 fully saturated rings. The van der Waals surface area contributed by atoms with Gasteiger partial charge in [0.15, 0.2) is 4.80 Å². The minimum Gasteiger partial charge on any atom is -0.272 e. The topological polar surface area (TPSA) is 34.4 Å². The quantitative estimate of drug-likeness (QED) is 0.272. The molecule has 0 radical (unpaired) electrons. The van der Waals surface area contributed by atoms with Crippen LogP contribution in [0.1, 0.15) is 47.6 Å². The summed E-state index contributed by atoms with van der Waals surface area (Å²) in [4.78, 5) is 19.7. The number of fused-ring (bicyclic) bond motifs is 1. The fourth-order valence-electron chi connectivity index (χ4n) is 5.08. The van der Waals surface area contributed by atoms with Gasteiger partial charge < -0.3 is 0 Å². The van der Waals surface area contributed by atoms with Crippen molar-refractivity contribution in [3.05, 3.63) is 142 Å². The van der Waals surface area contributed by atoms with Crippen LogP contribution < -0.4 is 14.9 Å². The summed E-state index contributed by atoms with van der Waals surface area (Å²) in [5, 5.41) is 1.40. The van der Waals surface area contributed by atoms with E-state index in [1.165, 1.54) is 28.0 Å². The van der Waals surface area contributed by atoms with Crippen molar-refractivity contribution in [1.82, 2.24) is 4.57 Å². The fourth-order valence-corrected chi connectivity index (χ4v) is 6.33. The molecule has 2 aliphatic rings. The highest BCUT2D eigenvalue weighted by Crippen LogP contribution is 2.41. The Labute approximate surface area is 229 Å². The molecule has 1 aliphatic carbocycles. The van der Waals surface area contributed by atoms with Crippen LogP contribution in [0.2, 0.25) is 10.0 Å². The molecule has 1 aromatic heterocycles. The summed E-state index contributed by atoms with van der Waals surface area (Å²) in [7, 11) is 0. The number of nitrogens with zero attached hydrogens (tertiary/aromatic N) is 2. The van der Waals surface area contributed by atoms with E-state index in [1.54, 1.807) is 0 Å². The van der Waals surface area contributed by atoms with Gasteiger partial charge in [-0.05, 0) is 90.4 Å². The van der Waals surface area contributed by atoms with Crippen LogP contribution in [0.4, 0.5) is 0 Å². The number of thiazole rings is 1. The maximum Gasteiger partial charge on any atom is 0.271 e. The average Bonchev–Trinajstić information content (AvgIpc) is 3.21. The van der Waals surface area contributed by atoms with Crippen LogP contribution in [0, 0.1) is 6.92 Å². The molecule has 184 valence electrons. The molecule has 6 rings (SSSR count). The number of aromatic nitrogens is 1. The van der Waals surface area contributed by atoms with Crippen LogP contribution >= 0.6 is 34.5 Å². The zero-order valence-corrected chi connectivity index (χ0v) is 22.6. The van der Waals surface area contributed by atoms with Crippen LogP contribution in [0.5, 0.6) is 0 Å². The predicted octanol–water partition coefficient (Wildman–Crippen LogP) is 7.10. The van der Waals surface area contributed by atoms with E-state index in [0.29, 0.717) is 9.55 Å². The van der Waals surface area contributed by atoms with Gasteiger partial charge in [0.05, 0.1) is 16.3 Å². The van der Waals surface area contributed by atoms with Crippen LogP contribution in [-0.4, -0.2) is 4.57 Å². The third-order valence-corrected chi connectivity index (χ3v) is 8.39. The Hall–Kier alpha value is -3.18. The second kappa shape index (κ2) is 9.94. The number of aryl methyl sites for hydroxylation is 1. The molecule has 0 N–H and O–H groups in total. The van der Waals surface area contributed by atoms with Crippen molar-refractivity contribution in [2.24, 2.45) is 4.99 Å². The Kier molecular flexibility index (Phi) is 6.49. The molecule has 0 amide bonds. The Morgan fingerprint density at radius 3 is 2.19 bits per heavy atom. The van der Waals surface area contributed by atoms with Crippen LogP contribution in [-0.2, 0) is 0 Å². The van der Waals surface area contributed by atoms with Gasteiger partial charge in [-0.15, -0.1) is 0 Å². The Morgan fingerprint density at radius 2 is 1.49 bits per heavy atom. The molecule has 0 saturated heterocycles. The summed E-state index contributed by atoms with van der Waals surface area (Å²) >= 11 is 13.8. The monoisotopic (exact) mass is 542 g/mol. The van der Waals surface area contributed by atoms with Gasteiger partial charge >= 0.3 is 0 Å². The molecule has 4 aromatic rings. The first-order valence-corrected chi connectivity index (χ1v) is 13.9. The highest BCUT2D eigenvalue weighted by molar-refractivity contribution is 7.07. The standard InChI is InChI=1S/C31H24Cl2N2OS/c1-19-5-7-21(8-6-19)18-27-30(36)35-29(22-11-15-25(33)16-12-22)26-4-2-3-23(28(26)34-31(35)37-27)17-20-9-13-24(32)14-10-20/h5-18,29H,2-4H2,1H3/b23-17+,27-18+/t29-/m0/s1. The highest BCUT2D eigenvalue weighted by Gasteiger charge is 2.32. The van der Waals surface area contributed by atoms with Crippen molar-refractivity contribution in [2.45, 2.75) is 32.2 Å². The molecule has 0 unspecified atom stereocenters. The van der Waals surface area contributed by atoms with Gasteiger partial charge in [0, 0.05) is 10.0 Å². The van der Waals surface area contributed by atoms with Crippen molar-refractivity contribution in [3.8, 4) is 0 Å². The van der Waals surface area contributed by atoms with E-state index in [-0.39, 0.29) is 11.6 Å². The zero-order valence-electron chi connectivity index (χ0n) is 20.2. The highest BCUT2D eigenvalue weighted by atomic mass is 35.5. The lowest BCUT2D eigenvalue weighted by Gasteiger charge is -2.31. The van der Waals surface area contributed by atoms with Gasteiger partial charge in [-0.3, -0.25) is 9.36 Å². The second-order valence-electron chi connectivity index (χ2n) is 9.49. The van der Waals surface area contributed by atoms with Gasteiger partial charge in [-0.2, -0.15) is 0 Å². The molecule has 1 atom stereocenters. The van der Waals surface area contributed by atoms with Gasteiger partial charge in [0.2, 0.25) is 0 Å². The molecule has 37 heavy (non-hydrogen) atoms. The molecule has 3 aromatic carbocycles. The lowest BCUT2D eigenvalue weighted by Crippen LogP contribution is -2.39. The number of rotatable bonds is 3. The molecule has 3 nitrogen and oxygen atoms in total. The molecule has 6 heteroatoms. The molecule has 0 bridgehead atoms. The third kappa shape index (κ3) is 4.77. The van der Waals surface area contributed by atoms with Crippen molar-refractivity contribution in [2.75, 3.05) is 0 Å². The summed E-state index contributed by atoms with van der Waals surface area (Å²) in [6, 6.07) is 23.7. The normalized spacial score (nSPS) is 18.5. The minimum atomic E-state index is -0.211. The Morgan fingerprint density at radius 1 is 0.865 bits per heavy atom. The van der Waals surface area contributed by atoms with Gasteiger partial charge in [0.1, 0.15) is 0 Å². The first-order valence-electron chi connectivity index (χ1n) is 12.3. The SMILES string of the molecule is Cc1ccc(/C=c2/sc3n(c2=O)[C@@H](c2ccc(Cl)cc2)C2=C(N=3)/C(=C/c3ccc(Cl)cc3)CCC2)cc1. The smallest absolute Gasteiger partial charge is 0.271 e. The Balaban J connectivity index is 1.57. The van der Waals surface area contributed by atoms with E-state index in [4.69, 9.17) is 28.2 Å². The van der Waals surface area contributed by atoms with Gasteiger partial charge in [-0.1, -0.05) is 88.6 Å². The largest absolute Gasteiger partial charge is 0.272 e. The van der Waals surface area contributed by atoms with E-state index in [2.05, 4.69) is 25.1 Å². The summed E-state index contributed by atoms with van der Waals surface area (Å²) in [6.45, 7) is 2.06. The fraction of sp³-hybridized carbons (Fsp3) is 0.161. The number of allylic oxidation sites excluding steroid dienone is 2. The first-order chi connectivity index (χ1) is 18.0. The molecular formula is C31H24Cl2N2OS. The van der Waals surface area contributed by atoms with Crippen molar-refractivity contribution < 1.29 is 0 Å². The summed E-state index contributed by atoms with van der Waals surface area (Å²) in [6.07, 6.45) is 7.01. The van der Waals surface area contributed by atoms with Gasteiger partial charge in [-0.25, -0.2) is 4.99 Å². The lowest BCUT2D eigenvalue weighted by molar-refractivity contribution is 0.553. The minimum absolute atomic E-state index is 0.00960. The Bertz CT molecular complexity index is 1730. The summed E-state index contributed by atoms with van der Waals surface area (Å²) in [5.74, 6) is 0. The lowest BCUT2D eigenvalue weighted by atomic mass is 9.84. The number of hydrogen-bond acceptors (Lipinski definition) is 3. The van der Waals surface area contributed by atoms with E-state index in [9.17, 15) is 4.79 Å². The zero-order chi connectivity index (χ0) is 25.5. The van der Waals surface area contributed by atoms with Crippen molar-refractivity contribution >= 4 is 46.7 Å². The number of halogens is 2. The number of hydrogen-bond donors (Lipinski definition) is 0. The molecular weight excluding hydrogens is 519 g/mol. The van der Waals surface area contributed by atoms with Gasteiger partial charge in [0.25, 0.3) is 5.56 Å². The first kappa shape index (κ1) is 24.2. The predicted molar refractivity (Wildman–Crippen MR) is 154 cm³/mol. The molecule has 2 heterocycles. The summed E-state index contributed by atoms with van der Waals surface area (Å²) < 4.78 is 2.56. The van der Waals surface area contributed by atoms with E-state index in [1.807, 2.05) is 71.3 Å². The van der Waals surface area contributed by atoms with E-state index >= 15 is 0 Å². The van der Waals surface area contributed by atoms with E-state index in [0.717, 1.165) is 51.5 Å². The van der Waals surface area contributed by atoms with Crippen LogP contribution in [0.3, 0.4) is 0 Å². The van der Waals surface area contributed by atoms with Crippen LogP contribution in [0.25, 0.3) is 12.2 Å². The van der Waals surface area contributed by atoms with E-state index < -0.39 is 0 Å². The molecule has 1 aliphatic heterocycles. The third-order valence-electron chi connectivity index (χ3n) is 6.90. The maximum absolute atomic E-state index is 13.8. The summed E-state index contributed by atoms with van der Waals surface area (Å²) in [5.41, 5.74) is 7.70.